The van der Waals surface area contributed by atoms with Crippen LogP contribution in [0.4, 0.5) is 10.5 Å². The van der Waals surface area contributed by atoms with Crippen molar-refractivity contribution < 1.29 is 19.8 Å². The number of carbonyl (C=O) groups excluding carboxylic acids is 1. The Hall–Kier alpha value is -1.97. The van der Waals surface area contributed by atoms with Crippen LogP contribution in [0.2, 0.25) is 5.02 Å². The van der Waals surface area contributed by atoms with E-state index in [2.05, 4.69) is 19.4 Å². The number of anilines is 1. The molecule has 0 aliphatic rings. The molecule has 1 unspecified atom stereocenters. The van der Waals surface area contributed by atoms with Crippen molar-refractivity contribution in [2.45, 2.75) is 12.5 Å². The van der Waals surface area contributed by atoms with Gasteiger partial charge in [0.15, 0.2) is 5.60 Å². The summed E-state index contributed by atoms with van der Waals surface area (Å²) in [5, 5.41) is 23.2. The summed E-state index contributed by atoms with van der Waals surface area (Å²) in [4.78, 5) is 22.5. The van der Waals surface area contributed by atoms with Gasteiger partial charge in [0.25, 0.3) is 0 Å². The van der Waals surface area contributed by atoms with E-state index in [0.717, 1.165) is 18.7 Å². The smallest absolute Gasteiger partial charge is 0.337 e. The van der Waals surface area contributed by atoms with Crippen molar-refractivity contribution in [3.63, 3.8) is 0 Å². The number of carboxylic acids is 1. The van der Waals surface area contributed by atoms with Crippen LogP contribution in [0.5, 0.6) is 0 Å². The maximum Gasteiger partial charge on any atom is 0.337 e. The lowest BCUT2D eigenvalue weighted by Gasteiger charge is -2.18. The van der Waals surface area contributed by atoms with Gasteiger partial charge in [0.1, 0.15) is 11.0 Å². The molecule has 2 amide bonds. The SMILES string of the molecule is CC(O)(CNC(=O)Nc1c(Cl)ccc2nsnc12)C(=O)O. The topological polar surface area (TPSA) is 124 Å². The quantitative estimate of drug-likeness (QED) is 0.669. The molecule has 8 nitrogen and oxygen atoms in total. The molecule has 112 valence electrons. The predicted molar refractivity (Wildman–Crippen MR) is 77.7 cm³/mol. The highest BCUT2D eigenvalue weighted by molar-refractivity contribution is 7.00. The van der Waals surface area contributed by atoms with E-state index in [1.807, 2.05) is 0 Å². The van der Waals surface area contributed by atoms with E-state index in [1.165, 1.54) is 0 Å². The summed E-state index contributed by atoms with van der Waals surface area (Å²) in [6, 6.07) is 2.52. The van der Waals surface area contributed by atoms with Crippen LogP contribution < -0.4 is 10.6 Å². The van der Waals surface area contributed by atoms with Crippen molar-refractivity contribution in [3.05, 3.63) is 17.2 Å². The van der Waals surface area contributed by atoms with Gasteiger partial charge in [0, 0.05) is 0 Å². The van der Waals surface area contributed by atoms with Crippen LogP contribution in [0, 0.1) is 0 Å². The van der Waals surface area contributed by atoms with E-state index in [4.69, 9.17) is 16.7 Å². The lowest BCUT2D eigenvalue weighted by Crippen LogP contribution is -2.47. The van der Waals surface area contributed by atoms with Crippen molar-refractivity contribution in [2.24, 2.45) is 0 Å². The van der Waals surface area contributed by atoms with Crippen molar-refractivity contribution in [1.82, 2.24) is 14.1 Å². The third kappa shape index (κ3) is 3.38. The molecular formula is C11H11ClN4O4S. The van der Waals surface area contributed by atoms with E-state index in [0.29, 0.717) is 11.0 Å². The van der Waals surface area contributed by atoms with E-state index < -0.39 is 24.1 Å². The van der Waals surface area contributed by atoms with Gasteiger partial charge >= 0.3 is 12.0 Å². The normalized spacial score (nSPS) is 13.7. The molecule has 10 heteroatoms. The van der Waals surface area contributed by atoms with Gasteiger partial charge in [-0.15, -0.1) is 0 Å². The summed E-state index contributed by atoms with van der Waals surface area (Å²) in [6.07, 6.45) is 0. The summed E-state index contributed by atoms with van der Waals surface area (Å²) in [6.45, 7) is 0.616. The third-order valence-electron chi connectivity index (χ3n) is 2.67. The molecule has 1 atom stereocenters. The molecule has 0 fully saturated rings. The van der Waals surface area contributed by atoms with Crippen LogP contribution in [0.25, 0.3) is 11.0 Å². The second-order valence-corrected chi connectivity index (χ2v) is 5.38. The van der Waals surface area contributed by atoms with E-state index in [1.54, 1.807) is 12.1 Å². The highest BCUT2D eigenvalue weighted by atomic mass is 35.5. The molecule has 1 heterocycles. The number of fused-ring (bicyclic) bond motifs is 1. The first kappa shape index (κ1) is 15.4. The molecule has 4 N–H and O–H groups in total. The number of urea groups is 1. The summed E-state index contributed by atoms with van der Waals surface area (Å²) < 4.78 is 8.05. The van der Waals surface area contributed by atoms with Crippen molar-refractivity contribution in [1.29, 1.82) is 0 Å². The Labute approximate surface area is 128 Å². The molecule has 0 radical (unpaired) electrons. The zero-order chi connectivity index (χ0) is 15.6. The fraction of sp³-hybridized carbons (Fsp3) is 0.273. The number of carbonyl (C=O) groups is 2. The molecule has 0 bridgehead atoms. The lowest BCUT2D eigenvalue weighted by molar-refractivity contribution is -0.155. The van der Waals surface area contributed by atoms with Gasteiger partial charge in [-0.2, -0.15) is 8.75 Å². The molecule has 21 heavy (non-hydrogen) atoms. The number of aromatic nitrogens is 2. The number of rotatable bonds is 4. The number of amides is 2. The summed E-state index contributed by atoms with van der Waals surface area (Å²) in [7, 11) is 0. The van der Waals surface area contributed by atoms with Gasteiger partial charge in [-0.1, -0.05) is 11.6 Å². The van der Waals surface area contributed by atoms with Crippen molar-refractivity contribution >= 4 is 52.1 Å². The fourth-order valence-corrected chi connectivity index (χ4v) is 2.17. The molecule has 0 spiro atoms. The Kier molecular flexibility index (Phi) is 4.26. The molecular weight excluding hydrogens is 320 g/mol. The molecule has 1 aromatic carbocycles. The maximum atomic E-state index is 11.8. The van der Waals surface area contributed by atoms with Crippen LogP contribution >= 0.6 is 23.3 Å². The molecule has 0 saturated carbocycles. The molecule has 1 aromatic heterocycles. The maximum absolute atomic E-state index is 11.8. The fourth-order valence-electron chi connectivity index (χ4n) is 1.43. The molecule has 0 aliphatic heterocycles. The monoisotopic (exact) mass is 330 g/mol. The Morgan fingerprint density at radius 1 is 1.43 bits per heavy atom. The Morgan fingerprint density at radius 3 is 2.81 bits per heavy atom. The zero-order valence-electron chi connectivity index (χ0n) is 10.8. The number of hydrogen-bond acceptors (Lipinski definition) is 6. The first-order valence-electron chi connectivity index (χ1n) is 5.72. The second kappa shape index (κ2) is 5.80. The molecule has 2 rings (SSSR count). The van der Waals surface area contributed by atoms with Gasteiger partial charge < -0.3 is 20.8 Å². The number of aliphatic hydroxyl groups is 1. The van der Waals surface area contributed by atoms with Crippen LogP contribution in [0.15, 0.2) is 12.1 Å². The first-order valence-corrected chi connectivity index (χ1v) is 6.83. The predicted octanol–water partition coefficient (Wildman–Crippen LogP) is 1.30. The first-order chi connectivity index (χ1) is 9.81. The van der Waals surface area contributed by atoms with Crippen LogP contribution in [-0.4, -0.2) is 43.1 Å². The Morgan fingerprint density at radius 2 is 2.14 bits per heavy atom. The van der Waals surface area contributed by atoms with Crippen molar-refractivity contribution in [3.8, 4) is 0 Å². The summed E-state index contributed by atoms with van der Waals surface area (Å²) in [5.41, 5.74) is -0.768. The standard InChI is InChI=1S/C11H11ClN4O4S/c1-11(20,9(17)18)4-13-10(19)14-7-5(12)2-3-6-8(7)16-21-15-6/h2-3,20H,4H2,1H3,(H,17,18)(H2,13,14,19). The number of hydrogen-bond donors (Lipinski definition) is 4. The van der Waals surface area contributed by atoms with Gasteiger partial charge in [-0.05, 0) is 19.1 Å². The minimum Gasteiger partial charge on any atom is -0.479 e. The number of benzene rings is 1. The van der Waals surface area contributed by atoms with Crippen LogP contribution in [0.3, 0.4) is 0 Å². The summed E-state index contributed by atoms with van der Waals surface area (Å²) in [5.74, 6) is -1.44. The molecule has 0 saturated heterocycles. The van der Waals surface area contributed by atoms with Gasteiger partial charge in [0.2, 0.25) is 0 Å². The number of nitrogens with zero attached hydrogens (tertiary/aromatic N) is 2. The van der Waals surface area contributed by atoms with Crippen LogP contribution in [-0.2, 0) is 4.79 Å². The number of aliphatic carboxylic acids is 1. The second-order valence-electron chi connectivity index (χ2n) is 4.44. The molecule has 2 aromatic rings. The Balaban J connectivity index is 2.10. The minimum atomic E-state index is -2.06. The zero-order valence-corrected chi connectivity index (χ0v) is 12.3. The van der Waals surface area contributed by atoms with E-state index >= 15 is 0 Å². The minimum absolute atomic E-state index is 0.273. The highest BCUT2D eigenvalue weighted by Gasteiger charge is 2.30. The van der Waals surface area contributed by atoms with Gasteiger partial charge in [0.05, 0.1) is 29.0 Å². The molecule has 0 aliphatic carbocycles. The highest BCUT2D eigenvalue weighted by Crippen LogP contribution is 2.29. The van der Waals surface area contributed by atoms with Gasteiger partial charge in [-0.25, -0.2) is 9.59 Å². The largest absolute Gasteiger partial charge is 0.479 e. The number of nitrogens with one attached hydrogen (secondary N) is 2. The van der Waals surface area contributed by atoms with Crippen LogP contribution in [0.1, 0.15) is 6.92 Å². The van der Waals surface area contributed by atoms with Crippen molar-refractivity contribution in [2.75, 3.05) is 11.9 Å². The average Bonchev–Trinajstić information content (AvgIpc) is 2.88. The summed E-state index contributed by atoms with van der Waals surface area (Å²) >= 11 is 6.97. The Bertz CT molecular complexity index is 703. The average molecular weight is 331 g/mol. The van der Waals surface area contributed by atoms with E-state index in [9.17, 15) is 14.7 Å². The lowest BCUT2D eigenvalue weighted by atomic mass is 10.1. The van der Waals surface area contributed by atoms with E-state index in [-0.39, 0.29) is 10.7 Å². The number of halogens is 1. The number of carboxylic acid groups (broad SMARTS) is 1. The third-order valence-corrected chi connectivity index (χ3v) is 3.53. The van der Waals surface area contributed by atoms with Gasteiger partial charge in [-0.3, -0.25) is 0 Å².